The highest BCUT2D eigenvalue weighted by Crippen LogP contribution is 2.25. The molecular weight excluding hydrogens is 306 g/mol. The number of hydrogen-bond acceptors (Lipinski definition) is 4. The first-order valence-corrected chi connectivity index (χ1v) is 9.94. The molecule has 5 heteroatoms. The Morgan fingerprint density at radius 3 is 2.70 bits per heavy atom. The lowest BCUT2D eigenvalue weighted by atomic mass is 9.92. The quantitative estimate of drug-likeness (QED) is 0.829. The lowest BCUT2D eigenvalue weighted by molar-refractivity contribution is -0.121. The first-order valence-electron chi connectivity index (χ1n) is 9.06. The number of nitrogens with one attached hydrogen (secondary N) is 1. The van der Waals surface area contributed by atoms with Crippen LogP contribution in [0.1, 0.15) is 69.0 Å². The van der Waals surface area contributed by atoms with E-state index >= 15 is 0 Å². The van der Waals surface area contributed by atoms with Gasteiger partial charge in [-0.25, -0.2) is 4.98 Å². The Hall–Kier alpha value is -0.940. The summed E-state index contributed by atoms with van der Waals surface area (Å²) in [5, 5.41) is 6.54. The van der Waals surface area contributed by atoms with Gasteiger partial charge in [-0.15, -0.1) is 11.3 Å². The van der Waals surface area contributed by atoms with Gasteiger partial charge >= 0.3 is 0 Å². The number of carbonyl (C=O) groups is 1. The molecule has 128 valence electrons. The van der Waals surface area contributed by atoms with Crippen LogP contribution < -0.4 is 5.32 Å². The third-order valence-electron chi connectivity index (χ3n) is 4.95. The molecule has 1 aliphatic carbocycles. The molecule has 3 rings (SSSR count). The Labute approximate surface area is 143 Å². The number of aromatic nitrogens is 1. The molecule has 2 fully saturated rings. The Balaban J connectivity index is 1.35. The van der Waals surface area contributed by atoms with Gasteiger partial charge in [-0.3, -0.25) is 9.69 Å². The standard InChI is InChI=1S/C18H29N3OS/c1-13(2)16-12-23-18(20-16)11-21-9-7-14(8-10-21)3-6-17(22)19-15-4-5-15/h12-15H,3-11H2,1-2H3,(H,19,22). The van der Waals surface area contributed by atoms with E-state index in [0.717, 1.165) is 32.0 Å². The van der Waals surface area contributed by atoms with Crippen LogP contribution in [-0.2, 0) is 11.3 Å². The van der Waals surface area contributed by atoms with Crippen molar-refractivity contribution in [1.29, 1.82) is 0 Å². The predicted molar refractivity (Wildman–Crippen MR) is 94.6 cm³/mol. The smallest absolute Gasteiger partial charge is 0.220 e. The van der Waals surface area contributed by atoms with Crippen LogP contribution in [0.5, 0.6) is 0 Å². The zero-order chi connectivity index (χ0) is 16.2. The van der Waals surface area contributed by atoms with Crippen molar-refractivity contribution in [2.24, 2.45) is 5.92 Å². The molecule has 23 heavy (non-hydrogen) atoms. The molecule has 2 aliphatic rings. The fourth-order valence-electron chi connectivity index (χ4n) is 3.15. The van der Waals surface area contributed by atoms with Crippen molar-refractivity contribution in [3.8, 4) is 0 Å². The maximum atomic E-state index is 11.8. The second-order valence-corrected chi connectivity index (χ2v) is 8.36. The van der Waals surface area contributed by atoms with Crippen LogP contribution in [0.4, 0.5) is 0 Å². The maximum absolute atomic E-state index is 11.8. The van der Waals surface area contributed by atoms with E-state index in [4.69, 9.17) is 4.98 Å². The number of piperidine rings is 1. The monoisotopic (exact) mass is 335 g/mol. The normalized spacial score (nSPS) is 20.1. The highest BCUT2D eigenvalue weighted by molar-refractivity contribution is 7.09. The van der Waals surface area contributed by atoms with E-state index < -0.39 is 0 Å². The van der Waals surface area contributed by atoms with Gasteiger partial charge < -0.3 is 5.32 Å². The predicted octanol–water partition coefficient (Wildman–Crippen LogP) is 3.54. The Bertz CT molecular complexity index is 516. The molecule has 0 atom stereocenters. The van der Waals surface area contributed by atoms with Gasteiger partial charge in [0.1, 0.15) is 5.01 Å². The van der Waals surface area contributed by atoms with Crippen LogP contribution in [0.15, 0.2) is 5.38 Å². The molecule has 1 aromatic rings. The minimum Gasteiger partial charge on any atom is -0.353 e. The Morgan fingerprint density at radius 1 is 1.35 bits per heavy atom. The minimum atomic E-state index is 0.263. The lowest BCUT2D eigenvalue weighted by Gasteiger charge is -2.31. The highest BCUT2D eigenvalue weighted by atomic mass is 32.1. The van der Waals surface area contributed by atoms with Gasteiger partial charge in [0, 0.05) is 17.8 Å². The van der Waals surface area contributed by atoms with Crippen molar-refractivity contribution in [2.75, 3.05) is 13.1 Å². The van der Waals surface area contributed by atoms with E-state index in [-0.39, 0.29) is 5.91 Å². The molecule has 4 nitrogen and oxygen atoms in total. The summed E-state index contributed by atoms with van der Waals surface area (Å²) in [7, 11) is 0. The van der Waals surface area contributed by atoms with Crippen LogP contribution in [0.2, 0.25) is 0 Å². The van der Waals surface area contributed by atoms with Crippen LogP contribution in [0, 0.1) is 5.92 Å². The third kappa shape index (κ3) is 5.28. The summed E-state index contributed by atoms with van der Waals surface area (Å²) >= 11 is 1.79. The van der Waals surface area contributed by atoms with Gasteiger partial charge in [0.05, 0.1) is 12.2 Å². The molecule has 1 aromatic heterocycles. The molecule has 0 aromatic carbocycles. The van der Waals surface area contributed by atoms with Crippen LogP contribution in [0.25, 0.3) is 0 Å². The molecule has 1 aliphatic heterocycles. The average molecular weight is 336 g/mol. The lowest BCUT2D eigenvalue weighted by Crippen LogP contribution is -2.34. The molecule has 0 unspecified atom stereocenters. The van der Waals surface area contributed by atoms with E-state index in [0.29, 0.717) is 18.4 Å². The topological polar surface area (TPSA) is 45.2 Å². The number of thiazole rings is 1. The Kier molecular flexibility index (Phi) is 5.70. The van der Waals surface area contributed by atoms with Gasteiger partial charge in [-0.2, -0.15) is 0 Å². The van der Waals surface area contributed by atoms with Crippen LogP contribution in [-0.4, -0.2) is 34.9 Å². The molecule has 1 N–H and O–H groups in total. The number of hydrogen-bond donors (Lipinski definition) is 1. The zero-order valence-corrected chi connectivity index (χ0v) is 15.2. The summed E-state index contributed by atoms with van der Waals surface area (Å²) in [5.41, 5.74) is 1.22. The molecule has 0 bridgehead atoms. The first kappa shape index (κ1) is 16.9. The van der Waals surface area contributed by atoms with Crippen molar-refractivity contribution >= 4 is 17.2 Å². The number of likely N-dealkylation sites (tertiary alicyclic amines) is 1. The second-order valence-electron chi connectivity index (χ2n) is 7.42. The minimum absolute atomic E-state index is 0.263. The van der Waals surface area contributed by atoms with E-state index in [2.05, 4.69) is 29.4 Å². The summed E-state index contributed by atoms with van der Waals surface area (Å²) in [5.74, 6) is 1.50. The van der Waals surface area contributed by atoms with E-state index in [9.17, 15) is 4.79 Å². The van der Waals surface area contributed by atoms with Crippen molar-refractivity contribution < 1.29 is 4.79 Å². The Morgan fingerprint density at radius 2 is 2.09 bits per heavy atom. The zero-order valence-electron chi connectivity index (χ0n) is 14.4. The SMILES string of the molecule is CC(C)c1csc(CN2CCC(CCC(=O)NC3CC3)CC2)n1. The summed E-state index contributed by atoms with van der Waals surface area (Å²) < 4.78 is 0. The third-order valence-corrected chi connectivity index (χ3v) is 5.80. The van der Waals surface area contributed by atoms with E-state index in [1.54, 1.807) is 11.3 Å². The van der Waals surface area contributed by atoms with Crippen molar-refractivity contribution in [1.82, 2.24) is 15.2 Å². The maximum Gasteiger partial charge on any atom is 0.220 e. The second kappa shape index (κ2) is 7.75. The van der Waals surface area contributed by atoms with Gasteiger partial charge in [0.25, 0.3) is 0 Å². The number of carbonyl (C=O) groups excluding carboxylic acids is 1. The van der Waals surface area contributed by atoms with Gasteiger partial charge in [-0.05, 0) is 57.0 Å². The van der Waals surface area contributed by atoms with Crippen molar-refractivity contribution in [3.05, 3.63) is 16.1 Å². The average Bonchev–Trinajstić information content (AvgIpc) is 3.21. The fourth-order valence-corrected chi connectivity index (χ4v) is 4.15. The summed E-state index contributed by atoms with van der Waals surface area (Å²) in [6.45, 7) is 7.68. The summed E-state index contributed by atoms with van der Waals surface area (Å²) in [4.78, 5) is 19.0. The number of rotatable bonds is 7. The molecule has 1 saturated heterocycles. The first-order chi connectivity index (χ1) is 11.1. The van der Waals surface area contributed by atoms with Crippen molar-refractivity contribution in [2.45, 2.75) is 70.9 Å². The number of amides is 1. The molecule has 1 amide bonds. The van der Waals surface area contributed by atoms with Crippen LogP contribution in [0.3, 0.4) is 0 Å². The molecule has 2 heterocycles. The summed E-state index contributed by atoms with van der Waals surface area (Å²) in [6, 6.07) is 0.498. The fraction of sp³-hybridized carbons (Fsp3) is 0.778. The van der Waals surface area contributed by atoms with Gasteiger partial charge in [-0.1, -0.05) is 13.8 Å². The van der Waals surface area contributed by atoms with Gasteiger partial charge in [0.2, 0.25) is 5.91 Å². The van der Waals surface area contributed by atoms with E-state index in [1.807, 2.05) is 0 Å². The molecule has 0 spiro atoms. The highest BCUT2D eigenvalue weighted by Gasteiger charge is 2.24. The molecule has 1 saturated carbocycles. The van der Waals surface area contributed by atoms with E-state index in [1.165, 1.54) is 36.4 Å². The van der Waals surface area contributed by atoms with Crippen molar-refractivity contribution in [3.63, 3.8) is 0 Å². The number of nitrogens with zero attached hydrogens (tertiary/aromatic N) is 2. The summed E-state index contributed by atoms with van der Waals surface area (Å²) in [6.07, 6.45) is 6.57. The molecule has 0 radical (unpaired) electrons. The van der Waals surface area contributed by atoms with Gasteiger partial charge in [0.15, 0.2) is 0 Å². The largest absolute Gasteiger partial charge is 0.353 e. The molecular formula is C18H29N3OS. The van der Waals surface area contributed by atoms with Crippen LogP contribution >= 0.6 is 11.3 Å².